The van der Waals surface area contributed by atoms with Crippen molar-refractivity contribution in [3.8, 4) is 0 Å². The van der Waals surface area contributed by atoms with E-state index in [1.54, 1.807) is 0 Å². The van der Waals surface area contributed by atoms with Crippen LogP contribution in [0, 0.1) is 0 Å². The first kappa shape index (κ1) is 17.2. The van der Waals surface area contributed by atoms with Crippen LogP contribution in [0.25, 0.3) is 0 Å². The molecule has 3 rings (SSSR count). The second-order valence-electron chi connectivity index (χ2n) is 4.81. The van der Waals surface area contributed by atoms with E-state index >= 15 is 0 Å². The number of allylic oxidation sites excluding steroid dienone is 4. The standard InChI is InChI=1S/C10H2Cl10/c11-1-2(12)9(19)7(17)4(14)5(15)8(18,6(7)16)10(9,20)3(1)13/h2,6H/t2-,6+,7-,8+,9-,10+/m0/s1. The Balaban J connectivity index is 2.46. The predicted molar refractivity (Wildman–Crippen MR) is 91.1 cm³/mol. The molecular weight excluding hydrogens is 475 g/mol. The molecule has 0 nitrogen and oxygen atoms in total. The molecule has 3 aliphatic carbocycles. The molecular formula is C10H2Cl10. The smallest absolute Gasteiger partial charge is 0.118 e. The fraction of sp³-hybridized carbons (Fsp3) is 0.600. The lowest BCUT2D eigenvalue weighted by atomic mass is 9.82. The Labute approximate surface area is 165 Å². The van der Waals surface area contributed by atoms with E-state index in [-0.39, 0.29) is 20.1 Å². The molecule has 0 heterocycles. The van der Waals surface area contributed by atoms with Crippen molar-refractivity contribution in [2.75, 3.05) is 0 Å². The number of rotatable bonds is 0. The number of hydrogen-bond acceptors (Lipinski definition) is 0. The van der Waals surface area contributed by atoms with Gasteiger partial charge in [0.15, 0.2) is 0 Å². The first-order valence-electron chi connectivity index (χ1n) is 5.10. The van der Waals surface area contributed by atoms with Crippen LogP contribution in [0.4, 0.5) is 0 Å². The summed E-state index contributed by atoms with van der Waals surface area (Å²) in [7, 11) is 0. The van der Waals surface area contributed by atoms with Crippen LogP contribution in [0.5, 0.6) is 0 Å². The van der Waals surface area contributed by atoms with E-state index in [0.29, 0.717) is 0 Å². The molecule has 3 aliphatic rings. The Morgan fingerprint density at radius 1 is 0.700 bits per heavy atom. The van der Waals surface area contributed by atoms with Gasteiger partial charge in [0.1, 0.15) is 19.5 Å². The van der Waals surface area contributed by atoms with E-state index < -0.39 is 30.3 Å². The maximum atomic E-state index is 6.68. The quantitative estimate of drug-likeness (QED) is 0.349. The van der Waals surface area contributed by atoms with Gasteiger partial charge in [-0.1, -0.05) is 46.4 Å². The van der Waals surface area contributed by atoms with E-state index in [4.69, 9.17) is 116 Å². The highest BCUT2D eigenvalue weighted by Crippen LogP contribution is 2.82. The van der Waals surface area contributed by atoms with Crippen molar-refractivity contribution in [1.29, 1.82) is 0 Å². The molecule has 0 spiro atoms. The molecule has 2 bridgehead atoms. The molecule has 6 atom stereocenters. The number of halogens is 10. The molecule has 112 valence electrons. The third kappa shape index (κ3) is 1.28. The van der Waals surface area contributed by atoms with Crippen molar-refractivity contribution in [1.82, 2.24) is 0 Å². The molecule has 0 radical (unpaired) electrons. The summed E-state index contributed by atoms with van der Waals surface area (Å²) in [6, 6.07) is 0. The summed E-state index contributed by atoms with van der Waals surface area (Å²) in [6.07, 6.45) is 0. The lowest BCUT2D eigenvalue weighted by Gasteiger charge is -2.47. The SMILES string of the molecule is ClC1=C(Cl)[C@]2(Cl)[C@](Cl)([C@H]1Cl)[C@]1(Cl)C(Cl)=C(Cl)[C@@]2(Cl)[C@@H]1Cl. The average Bonchev–Trinajstić information content (AvgIpc) is 2.70. The van der Waals surface area contributed by atoms with Gasteiger partial charge in [-0.15, -0.1) is 69.6 Å². The van der Waals surface area contributed by atoms with Crippen LogP contribution < -0.4 is 0 Å². The lowest BCUT2D eigenvalue weighted by molar-refractivity contribution is 0.481. The summed E-state index contributed by atoms with van der Waals surface area (Å²) in [5.74, 6) is 0. The van der Waals surface area contributed by atoms with Gasteiger partial charge < -0.3 is 0 Å². The van der Waals surface area contributed by atoms with Gasteiger partial charge in [-0.05, 0) is 0 Å². The summed E-state index contributed by atoms with van der Waals surface area (Å²) in [6.45, 7) is 0. The van der Waals surface area contributed by atoms with Crippen LogP contribution in [0.3, 0.4) is 0 Å². The minimum absolute atomic E-state index is 0.00333. The Morgan fingerprint density at radius 3 is 1.65 bits per heavy atom. The summed E-state index contributed by atoms with van der Waals surface area (Å²) in [4.78, 5) is -6.50. The molecule has 1 fully saturated rings. The zero-order valence-corrected chi connectivity index (χ0v) is 16.5. The summed E-state index contributed by atoms with van der Waals surface area (Å²) in [5, 5.41) is -2.02. The van der Waals surface area contributed by atoms with Gasteiger partial charge in [0.25, 0.3) is 0 Å². The Bertz CT molecular complexity index is 597. The molecule has 0 aliphatic heterocycles. The molecule has 0 amide bonds. The van der Waals surface area contributed by atoms with E-state index in [2.05, 4.69) is 0 Å². The summed E-state index contributed by atoms with van der Waals surface area (Å²) >= 11 is 64.0. The van der Waals surface area contributed by atoms with Crippen LogP contribution in [0.1, 0.15) is 0 Å². The summed E-state index contributed by atoms with van der Waals surface area (Å²) in [5.41, 5.74) is 0. The molecule has 0 aromatic rings. The first-order valence-corrected chi connectivity index (χ1v) is 9.00. The number of fused-ring (bicyclic) bond motifs is 5. The lowest BCUT2D eigenvalue weighted by Crippen LogP contribution is -2.61. The zero-order valence-electron chi connectivity index (χ0n) is 8.93. The van der Waals surface area contributed by atoms with Gasteiger partial charge in [-0.3, -0.25) is 0 Å². The molecule has 10 heteroatoms. The second kappa shape index (κ2) is 4.51. The van der Waals surface area contributed by atoms with Gasteiger partial charge >= 0.3 is 0 Å². The van der Waals surface area contributed by atoms with Crippen molar-refractivity contribution < 1.29 is 0 Å². The fourth-order valence-corrected chi connectivity index (χ4v) is 8.72. The van der Waals surface area contributed by atoms with E-state index in [1.807, 2.05) is 0 Å². The highest BCUT2D eigenvalue weighted by molar-refractivity contribution is 6.66. The van der Waals surface area contributed by atoms with Crippen molar-refractivity contribution in [3.63, 3.8) is 0 Å². The second-order valence-corrected chi connectivity index (χ2v) is 9.58. The van der Waals surface area contributed by atoms with Gasteiger partial charge in [0.05, 0.1) is 30.9 Å². The van der Waals surface area contributed by atoms with Crippen LogP contribution in [-0.2, 0) is 0 Å². The zero-order chi connectivity index (χ0) is 15.5. The highest BCUT2D eigenvalue weighted by atomic mass is 35.5. The Hall–Kier alpha value is 2.38. The first-order chi connectivity index (χ1) is 8.95. The molecule has 0 aromatic carbocycles. The molecule has 1 saturated carbocycles. The third-order valence-corrected chi connectivity index (χ3v) is 11.4. The molecule has 0 unspecified atom stereocenters. The van der Waals surface area contributed by atoms with E-state index in [1.165, 1.54) is 0 Å². The van der Waals surface area contributed by atoms with Crippen LogP contribution in [-0.4, -0.2) is 30.3 Å². The van der Waals surface area contributed by atoms with Gasteiger partial charge in [-0.25, -0.2) is 0 Å². The van der Waals surface area contributed by atoms with Gasteiger partial charge in [0.2, 0.25) is 0 Å². The van der Waals surface area contributed by atoms with Crippen molar-refractivity contribution in [3.05, 3.63) is 20.1 Å². The van der Waals surface area contributed by atoms with Gasteiger partial charge in [0, 0.05) is 0 Å². The van der Waals surface area contributed by atoms with Crippen molar-refractivity contribution in [2.45, 2.75) is 30.3 Å². The third-order valence-electron chi connectivity index (χ3n) is 4.15. The van der Waals surface area contributed by atoms with E-state index in [9.17, 15) is 0 Å². The van der Waals surface area contributed by atoms with Crippen molar-refractivity contribution >= 4 is 116 Å². The predicted octanol–water partition coefficient (Wildman–Crippen LogP) is 6.53. The molecule has 0 saturated heterocycles. The van der Waals surface area contributed by atoms with Crippen LogP contribution >= 0.6 is 116 Å². The highest BCUT2D eigenvalue weighted by Gasteiger charge is 2.91. The monoisotopic (exact) mass is 472 g/mol. The Morgan fingerprint density at radius 2 is 1.15 bits per heavy atom. The number of hydrogen-bond donors (Lipinski definition) is 0. The molecule has 0 N–H and O–H groups in total. The van der Waals surface area contributed by atoms with Gasteiger partial charge in [-0.2, -0.15) is 0 Å². The molecule has 20 heavy (non-hydrogen) atoms. The largest absolute Gasteiger partial charge is 0.130 e. The average molecular weight is 477 g/mol. The maximum absolute atomic E-state index is 6.68. The Kier molecular flexibility index (Phi) is 3.88. The van der Waals surface area contributed by atoms with Crippen LogP contribution in [0.15, 0.2) is 20.1 Å². The molecule has 0 aromatic heterocycles. The minimum atomic E-state index is -1.67. The fourth-order valence-electron chi connectivity index (χ4n) is 3.13. The van der Waals surface area contributed by atoms with Crippen LogP contribution in [0.2, 0.25) is 0 Å². The van der Waals surface area contributed by atoms with Crippen molar-refractivity contribution in [2.24, 2.45) is 0 Å². The normalized spacial score (nSPS) is 57.9. The minimum Gasteiger partial charge on any atom is -0.118 e. The summed E-state index contributed by atoms with van der Waals surface area (Å²) < 4.78 is 0. The maximum Gasteiger partial charge on any atom is 0.130 e. The number of alkyl halides is 6. The van der Waals surface area contributed by atoms with E-state index in [0.717, 1.165) is 0 Å². The topological polar surface area (TPSA) is 0 Å².